The highest BCUT2D eigenvalue weighted by atomic mass is 19.1. The van der Waals surface area contributed by atoms with Crippen LogP contribution in [0, 0.1) is 12.7 Å². The molecule has 0 unspecified atom stereocenters. The fourth-order valence-electron chi connectivity index (χ4n) is 2.19. The minimum absolute atomic E-state index is 0.217. The number of nitrogens with one attached hydrogen (secondary N) is 1. The number of hydrogen-bond acceptors (Lipinski definition) is 3. The van der Waals surface area contributed by atoms with E-state index in [1.54, 1.807) is 6.92 Å². The van der Waals surface area contributed by atoms with Gasteiger partial charge in [-0.3, -0.25) is 4.79 Å². The first-order chi connectivity index (χ1) is 9.44. The molecule has 0 bridgehead atoms. The molecular formula is C14H16FNO4. The van der Waals surface area contributed by atoms with Crippen molar-refractivity contribution in [2.24, 2.45) is 0 Å². The van der Waals surface area contributed by atoms with E-state index in [0.717, 1.165) is 0 Å². The van der Waals surface area contributed by atoms with Gasteiger partial charge in [0.15, 0.2) is 0 Å². The van der Waals surface area contributed by atoms with Crippen molar-refractivity contribution in [3.63, 3.8) is 0 Å². The molecule has 0 spiro atoms. The number of hydrogen-bond donors (Lipinski definition) is 2. The summed E-state index contributed by atoms with van der Waals surface area (Å²) in [4.78, 5) is 23.6. The van der Waals surface area contributed by atoms with Crippen LogP contribution in [0.5, 0.6) is 0 Å². The fraction of sp³-hybridized carbons (Fsp3) is 0.429. The van der Waals surface area contributed by atoms with Crippen molar-refractivity contribution in [2.45, 2.75) is 25.3 Å². The molecule has 1 heterocycles. The molecule has 1 fully saturated rings. The van der Waals surface area contributed by atoms with Gasteiger partial charge in [0.05, 0.1) is 0 Å². The van der Waals surface area contributed by atoms with Crippen molar-refractivity contribution in [3.05, 3.63) is 35.1 Å². The van der Waals surface area contributed by atoms with Crippen LogP contribution in [0.1, 0.15) is 28.8 Å². The minimum atomic E-state index is -1.31. The third kappa shape index (κ3) is 2.80. The number of carboxylic acid groups (broad SMARTS) is 1. The lowest BCUT2D eigenvalue weighted by molar-refractivity contribution is -0.148. The molecule has 6 heteroatoms. The van der Waals surface area contributed by atoms with Crippen molar-refractivity contribution >= 4 is 11.9 Å². The number of ether oxygens (including phenoxy) is 1. The van der Waals surface area contributed by atoms with Crippen molar-refractivity contribution in [1.82, 2.24) is 5.32 Å². The quantitative estimate of drug-likeness (QED) is 0.880. The van der Waals surface area contributed by atoms with Crippen LogP contribution in [-0.2, 0) is 9.53 Å². The summed E-state index contributed by atoms with van der Waals surface area (Å²) in [6, 6.07) is 3.94. The predicted octanol–water partition coefficient (Wildman–Crippen LogP) is 1.50. The third-order valence-corrected chi connectivity index (χ3v) is 3.53. The molecule has 2 rings (SSSR count). The summed E-state index contributed by atoms with van der Waals surface area (Å²) in [5, 5.41) is 11.9. The first-order valence-electron chi connectivity index (χ1n) is 6.34. The first-order valence-corrected chi connectivity index (χ1v) is 6.34. The van der Waals surface area contributed by atoms with E-state index in [9.17, 15) is 19.1 Å². The molecule has 1 saturated heterocycles. The van der Waals surface area contributed by atoms with Crippen molar-refractivity contribution in [3.8, 4) is 0 Å². The van der Waals surface area contributed by atoms with E-state index in [4.69, 9.17) is 4.74 Å². The molecule has 1 aliphatic rings. The predicted molar refractivity (Wildman–Crippen MR) is 69.0 cm³/mol. The number of carboxylic acids is 1. The summed E-state index contributed by atoms with van der Waals surface area (Å²) in [6.45, 7) is 2.12. The molecule has 0 atom stereocenters. The van der Waals surface area contributed by atoms with Gasteiger partial charge in [-0.1, -0.05) is 0 Å². The van der Waals surface area contributed by atoms with Gasteiger partial charge < -0.3 is 15.2 Å². The molecule has 1 aromatic rings. The Labute approximate surface area is 115 Å². The lowest BCUT2D eigenvalue weighted by Crippen LogP contribution is -2.57. The zero-order valence-electron chi connectivity index (χ0n) is 11.1. The van der Waals surface area contributed by atoms with E-state index >= 15 is 0 Å². The van der Waals surface area contributed by atoms with Crippen LogP contribution < -0.4 is 5.32 Å². The molecule has 108 valence electrons. The van der Waals surface area contributed by atoms with E-state index in [1.165, 1.54) is 18.2 Å². The molecule has 1 aromatic carbocycles. The summed E-state index contributed by atoms with van der Waals surface area (Å²) in [6.07, 6.45) is 0.433. The SMILES string of the molecule is Cc1cc(C(=O)NC2(C(=O)O)CCOCC2)ccc1F. The van der Waals surface area contributed by atoms with Gasteiger partial charge in [0.2, 0.25) is 0 Å². The Morgan fingerprint density at radius 3 is 2.55 bits per heavy atom. The topological polar surface area (TPSA) is 75.6 Å². The van der Waals surface area contributed by atoms with E-state index < -0.39 is 23.2 Å². The van der Waals surface area contributed by atoms with Crippen LogP contribution in [0.15, 0.2) is 18.2 Å². The molecule has 20 heavy (non-hydrogen) atoms. The van der Waals surface area contributed by atoms with Gasteiger partial charge in [0.25, 0.3) is 5.91 Å². The van der Waals surface area contributed by atoms with Crippen LogP contribution >= 0.6 is 0 Å². The van der Waals surface area contributed by atoms with Crippen molar-refractivity contribution < 1.29 is 23.8 Å². The largest absolute Gasteiger partial charge is 0.480 e. The number of rotatable bonds is 3. The van der Waals surface area contributed by atoms with Crippen LogP contribution in [0.2, 0.25) is 0 Å². The summed E-state index contributed by atoms with van der Waals surface area (Å²) >= 11 is 0. The molecule has 1 amide bonds. The summed E-state index contributed by atoms with van der Waals surface area (Å²) < 4.78 is 18.3. The van der Waals surface area contributed by atoms with E-state index in [0.29, 0.717) is 5.56 Å². The molecule has 0 aromatic heterocycles. The number of amides is 1. The third-order valence-electron chi connectivity index (χ3n) is 3.53. The smallest absolute Gasteiger partial charge is 0.329 e. The molecule has 0 radical (unpaired) electrons. The van der Waals surface area contributed by atoms with Gasteiger partial charge in [-0.05, 0) is 30.7 Å². The molecule has 0 saturated carbocycles. The second-order valence-corrected chi connectivity index (χ2v) is 4.92. The Morgan fingerprint density at radius 1 is 1.35 bits per heavy atom. The van der Waals surface area contributed by atoms with Gasteiger partial charge in [-0.15, -0.1) is 0 Å². The van der Waals surface area contributed by atoms with Crippen LogP contribution in [0.25, 0.3) is 0 Å². The van der Waals surface area contributed by atoms with E-state index in [-0.39, 0.29) is 31.6 Å². The fourth-order valence-corrected chi connectivity index (χ4v) is 2.19. The van der Waals surface area contributed by atoms with Gasteiger partial charge in [0.1, 0.15) is 11.4 Å². The number of aryl methyl sites for hydroxylation is 1. The average Bonchev–Trinajstić information content (AvgIpc) is 2.42. The zero-order chi connectivity index (χ0) is 14.8. The highest BCUT2D eigenvalue weighted by Crippen LogP contribution is 2.22. The molecule has 1 aliphatic heterocycles. The maximum atomic E-state index is 13.2. The standard InChI is InChI=1S/C14H16FNO4/c1-9-8-10(2-3-11(9)15)12(17)16-14(13(18)19)4-6-20-7-5-14/h2-3,8H,4-7H2,1H3,(H,16,17)(H,18,19). The lowest BCUT2D eigenvalue weighted by atomic mass is 9.89. The Kier molecular flexibility index (Phi) is 4.04. The normalized spacial score (nSPS) is 17.5. The van der Waals surface area contributed by atoms with Gasteiger partial charge in [-0.2, -0.15) is 0 Å². The Bertz CT molecular complexity index is 538. The maximum Gasteiger partial charge on any atom is 0.329 e. The average molecular weight is 281 g/mol. The van der Waals surface area contributed by atoms with Crippen LogP contribution in [-0.4, -0.2) is 35.7 Å². The van der Waals surface area contributed by atoms with E-state index in [2.05, 4.69) is 5.32 Å². The first kappa shape index (κ1) is 14.5. The lowest BCUT2D eigenvalue weighted by Gasteiger charge is -2.33. The van der Waals surface area contributed by atoms with Crippen LogP contribution in [0.3, 0.4) is 0 Å². The molecule has 2 N–H and O–H groups in total. The van der Waals surface area contributed by atoms with Crippen molar-refractivity contribution in [1.29, 1.82) is 0 Å². The summed E-state index contributed by atoms with van der Waals surface area (Å²) in [7, 11) is 0. The van der Waals surface area contributed by atoms with E-state index in [1.807, 2.05) is 0 Å². The van der Waals surface area contributed by atoms with Crippen molar-refractivity contribution in [2.75, 3.05) is 13.2 Å². The maximum absolute atomic E-state index is 13.2. The number of carbonyl (C=O) groups is 2. The summed E-state index contributed by atoms with van der Waals surface area (Å²) in [5.41, 5.74) is -0.720. The highest BCUT2D eigenvalue weighted by Gasteiger charge is 2.41. The Hall–Kier alpha value is -1.95. The second-order valence-electron chi connectivity index (χ2n) is 4.92. The Morgan fingerprint density at radius 2 is 2.00 bits per heavy atom. The minimum Gasteiger partial charge on any atom is -0.480 e. The second kappa shape index (κ2) is 5.58. The molecule has 5 nitrogen and oxygen atoms in total. The monoisotopic (exact) mass is 281 g/mol. The number of halogens is 1. The number of benzene rings is 1. The van der Waals surface area contributed by atoms with Crippen LogP contribution in [0.4, 0.5) is 4.39 Å². The van der Waals surface area contributed by atoms with Gasteiger partial charge in [-0.25, -0.2) is 9.18 Å². The summed E-state index contributed by atoms with van der Waals surface area (Å²) in [5.74, 6) is -1.99. The molecule has 0 aliphatic carbocycles. The zero-order valence-corrected chi connectivity index (χ0v) is 11.1. The number of aliphatic carboxylic acids is 1. The molecular weight excluding hydrogens is 265 g/mol. The van der Waals surface area contributed by atoms with Gasteiger partial charge in [0, 0.05) is 31.6 Å². The number of carbonyl (C=O) groups excluding carboxylic acids is 1. The highest BCUT2D eigenvalue weighted by molar-refractivity contribution is 5.98. The van der Waals surface area contributed by atoms with Gasteiger partial charge >= 0.3 is 5.97 Å². The Balaban J connectivity index is 2.20.